The van der Waals surface area contributed by atoms with Crippen LogP contribution in [-0.4, -0.2) is 15.0 Å². The molecule has 3 aromatic heterocycles. The molecule has 2 aromatic carbocycles. The van der Waals surface area contributed by atoms with E-state index in [9.17, 15) is 9.59 Å². The Bertz CT molecular complexity index is 1440. The molecule has 0 fully saturated rings. The summed E-state index contributed by atoms with van der Waals surface area (Å²) in [4.78, 5) is 37.8. The van der Waals surface area contributed by atoms with E-state index in [1.165, 1.54) is 0 Å². The SMILES string of the molecule is Cc1c(-c2cc(C)c3ccccc3n2)[n-]c(=O)[nH]c1=O.[Ir].[c-]1ccccc1-c1ccccn1. The van der Waals surface area contributed by atoms with Gasteiger partial charge in [0.2, 0.25) is 0 Å². The van der Waals surface area contributed by atoms with E-state index in [0.717, 1.165) is 27.7 Å². The Hall–Kier alpha value is -3.67. The van der Waals surface area contributed by atoms with Gasteiger partial charge in [-0.1, -0.05) is 30.3 Å². The van der Waals surface area contributed by atoms with Crippen LogP contribution in [0.5, 0.6) is 0 Å². The molecule has 0 atom stereocenters. The molecule has 0 amide bonds. The second-order valence-corrected chi connectivity index (χ2v) is 7.18. The fraction of sp³-hybridized carbons (Fsp3) is 0.0769. The standard InChI is InChI=1S/C15H13N3O2.C11H8N.Ir/c1-8-7-12(16-11-6-4-3-5-10(8)11)13-9(2)14(19)18-15(20)17-13;1-2-6-10(7-3-1)11-8-4-5-9-12-11;/h3-7H,1-2H3,(H2,17,18,19,20);1-6,8-9H;/q;-1;/p-1. The molecule has 5 rings (SSSR count). The first-order valence-electron chi connectivity index (χ1n) is 10.1. The Morgan fingerprint density at radius 1 is 0.909 bits per heavy atom. The van der Waals surface area contributed by atoms with Crippen molar-refractivity contribution in [3.63, 3.8) is 0 Å². The van der Waals surface area contributed by atoms with Crippen LogP contribution in [0.4, 0.5) is 0 Å². The van der Waals surface area contributed by atoms with Crippen molar-refractivity contribution in [3.05, 3.63) is 117 Å². The summed E-state index contributed by atoms with van der Waals surface area (Å²) < 4.78 is 0. The Kier molecular flexibility index (Phi) is 7.82. The third-order valence-electron chi connectivity index (χ3n) is 4.95. The summed E-state index contributed by atoms with van der Waals surface area (Å²) in [5.41, 5.74) is 4.06. The maximum absolute atomic E-state index is 11.7. The molecular weight excluding hydrogens is 593 g/mol. The van der Waals surface area contributed by atoms with Gasteiger partial charge in [-0.25, -0.2) is 4.98 Å². The van der Waals surface area contributed by atoms with Gasteiger partial charge in [0.25, 0.3) is 0 Å². The van der Waals surface area contributed by atoms with Crippen LogP contribution in [0, 0.1) is 19.9 Å². The molecule has 0 bridgehead atoms. The molecule has 1 radical (unpaired) electrons. The van der Waals surface area contributed by atoms with Crippen LogP contribution in [0.15, 0.2) is 88.6 Å². The molecule has 7 heteroatoms. The zero-order chi connectivity index (χ0) is 22.5. The Labute approximate surface area is 204 Å². The third-order valence-corrected chi connectivity index (χ3v) is 4.95. The zero-order valence-electron chi connectivity index (χ0n) is 18.0. The molecule has 0 spiro atoms. The molecular formula is C26H20IrN4O2-2. The van der Waals surface area contributed by atoms with Crippen molar-refractivity contribution in [1.82, 2.24) is 19.9 Å². The summed E-state index contributed by atoms with van der Waals surface area (Å²) in [7, 11) is 0. The average Bonchev–Trinajstić information content (AvgIpc) is 2.83. The van der Waals surface area contributed by atoms with Crippen molar-refractivity contribution in [2.24, 2.45) is 0 Å². The van der Waals surface area contributed by atoms with Crippen LogP contribution in [0.1, 0.15) is 11.1 Å². The first-order chi connectivity index (χ1) is 15.5. The van der Waals surface area contributed by atoms with E-state index < -0.39 is 11.2 Å². The zero-order valence-corrected chi connectivity index (χ0v) is 20.4. The van der Waals surface area contributed by atoms with Crippen molar-refractivity contribution >= 4 is 10.9 Å². The van der Waals surface area contributed by atoms with Gasteiger partial charge in [-0.05, 0) is 54.6 Å². The van der Waals surface area contributed by atoms with Crippen LogP contribution in [0.25, 0.3) is 33.5 Å². The van der Waals surface area contributed by atoms with Crippen LogP contribution in [0.2, 0.25) is 0 Å². The number of H-pyrrole nitrogens is 1. The third kappa shape index (κ3) is 5.58. The van der Waals surface area contributed by atoms with Crippen molar-refractivity contribution in [3.8, 4) is 22.6 Å². The number of hydrogen-bond donors (Lipinski definition) is 1. The van der Waals surface area contributed by atoms with Gasteiger partial charge in [0.1, 0.15) is 0 Å². The van der Waals surface area contributed by atoms with E-state index in [1.54, 1.807) is 13.1 Å². The fourth-order valence-electron chi connectivity index (χ4n) is 3.31. The molecule has 33 heavy (non-hydrogen) atoms. The first-order valence-corrected chi connectivity index (χ1v) is 10.1. The van der Waals surface area contributed by atoms with E-state index in [0.29, 0.717) is 17.0 Å². The molecule has 3 heterocycles. The van der Waals surface area contributed by atoms with Gasteiger partial charge in [-0.15, -0.1) is 35.9 Å². The quantitative estimate of drug-likeness (QED) is 0.304. The first kappa shape index (κ1) is 24.0. The largest absolute Gasteiger partial charge is 0.398 e. The predicted octanol–water partition coefficient (Wildman–Crippen LogP) is 4.07. The molecule has 0 unspecified atom stereocenters. The van der Waals surface area contributed by atoms with Crippen LogP contribution < -0.4 is 16.2 Å². The number of para-hydroxylation sites is 1. The number of rotatable bonds is 2. The van der Waals surface area contributed by atoms with Gasteiger partial charge in [-0.2, -0.15) is 0 Å². The summed E-state index contributed by atoms with van der Waals surface area (Å²) in [6.45, 7) is 3.60. The maximum Gasteiger partial charge on any atom is 0.174 e. The Morgan fingerprint density at radius 3 is 2.39 bits per heavy atom. The summed E-state index contributed by atoms with van der Waals surface area (Å²) >= 11 is 0. The molecule has 0 aliphatic carbocycles. The van der Waals surface area contributed by atoms with E-state index in [-0.39, 0.29) is 20.1 Å². The summed E-state index contributed by atoms with van der Waals surface area (Å²) in [5.74, 6) is 0. The molecule has 0 aliphatic rings. The number of hydrogen-bond acceptors (Lipinski definition) is 4. The summed E-state index contributed by atoms with van der Waals surface area (Å²) in [6, 6.07) is 26.4. The number of nitrogens with zero attached hydrogens (tertiary/aromatic N) is 3. The number of aromatic amines is 1. The topological polar surface area (TPSA) is 89.8 Å². The van der Waals surface area contributed by atoms with Gasteiger partial charge < -0.3 is 15.0 Å². The normalized spacial score (nSPS) is 10.1. The maximum atomic E-state index is 11.7. The van der Waals surface area contributed by atoms with E-state index >= 15 is 0 Å². The number of aryl methyl sites for hydroxylation is 1. The number of fused-ring (bicyclic) bond motifs is 1. The molecule has 0 aliphatic heterocycles. The van der Waals surface area contributed by atoms with Crippen LogP contribution >= 0.6 is 0 Å². The van der Waals surface area contributed by atoms with E-state index in [2.05, 4.69) is 26.0 Å². The number of aromatic nitrogens is 4. The van der Waals surface area contributed by atoms with Crippen LogP contribution in [0.3, 0.4) is 0 Å². The van der Waals surface area contributed by atoms with E-state index in [4.69, 9.17) is 0 Å². The predicted molar refractivity (Wildman–Crippen MR) is 125 cm³/mol. The van der Waals surface area contributed by atoms with Gasteiger partial charge in [0.15, 0.2) is 11.2 Å². The van der Waals surface area contributed by atoms with Gasteiger partial charge in [0.05, 0.1) is 11.2 Å². The minimum atomic E-state index is -0.650. The molecule has 5 aromatic rings. The molecule has 6 nitrogen and oxygen atoms in total. The van der Waals surface area contributed by atoms with Crippen molar-refractivity contribution in [2.75, 3.05) is 0 Å². The second kappa shape index (κ2) is 10.8. The monoisotopic (exact) mass is 613 g/mol. The number of benzene rings is 2. The van der Waals surface area contributed by atoms with Crippen molar-refractivity contribution in [1.29, 1.82) is 0 Å². The minimum absolute atomic E-state index is 0. The molecule has 0 saturated carbocycles. The Balaban J connectivity index is 0.000000202. The second-order valence-electron chi connectivity index (χ2n) is 7.18. The van der Waals surface area contributed by atoms with Gasteiger partial charge in [-0.3, -0.25) is 9.59 Å². The van der Waals surface area contributed by atoms with Gasteiger partial charge >= 0.3 is 0 Å². The molecule has 1 N–H and O–H groups in total. The van der Waals surface area contributed by atoms with Crippen molar-refractivity contribution in [2.45, 2.75) is 13.8 Å². The number of pyridine rings is 2. The summed E-state index contributed by atoms with van der Waals surface area (Å²) in [5, 5.41) is 1.04. The minimum Gasteiger partial charge on any atom is -0.398 e. The van der Waals surface area contributed by atoms with E-state index in [1.807, 2.05) is 79.7 Å². The number of nitrogens with one attached hydrogen (secondary N) is 1. The van der Waals surface area contributed by atoms with Gasteiger partial charge in [0, 0.05) is 31.7 Å². The summed E-state index contributed by atoms with van der Waals surface area (Å²) in [6.07, 6.45) is 1.79. The molecule has 167 valence electrons. The van der Waals surface area contributed by atoms with Crippen LogP contribution in [-0.2, 0) is 20.1 Å². The Morgan fingerprint density at radius 2 is 1.67 bits per heavy atom. The average molecular weight is 613 g/mol. The smallest absolute Gasteiger partial charge is 0.174 e. The fourth-order valence-corrected chi connectivity index (χ4v) is 3.31. The molecule has 0 saturated heterocycles. The van der Waals surface area contributed by atoms with Crippen molar-refractivity contribution < 1.29 is 20.1 Å².